The summed E-state index contributed by atoms with van der Waals surface area (Å²) in [4.78, 5) is 11.6. The van der Waals surface area contributed by atoms with Crippen molar-refractivity contribution in [3.05, 3.63) is 24.3 Å². The third-order valence-corrected chi connectivity index (χ3v) is 3.29. The molecule has 1 aromatic carbocycles. The van der Waals surface area contributed by atoms with Crippen LogP contribution in [-0.4, -0.2) is 12.5 Å². The smallest absolute Gasteiger partial charge is 0.226 e. The van der Waals surface area contributed by atoms with E-state index >= 15 is 0 Å². The topological polar surface area (TPSA) is 41.1 Å². The Labute approximate surface area is 123 Å². The number of anilines is 2. The molecule has 2 N–H and O–H groups in total. The first-order chi connectivity index (χ1) is 9.63. The molecule has 0 aliphatic heterocycles. The Morgan fingerprint density at radius 3 is 2.20 bits per heavy atom. The summed E-state index contributed by atoms with van der Waals surface area (Å²) in [5, 5.41) is 6.30. The maximum Gasteiger partial charge on any atom is 0.226 e. The number of hydrogen-bond donors (Lipinski definition) is 2. The molecule has 0 bridgehead atoms. The molecule has 0 fully saturated rings. The molecule has 3 nitrogen and oxygen atoms in total. The average Bonchev–Trinajstić information content (AvgIpc) is 2.44. The van der Waals surface area contributed by atoms with Crippen molar-refractivity contribution in [2.24, 2.45) is 5.92 Å². The second-order valence-electron chi connectivity index (χ2n) is 5.56. The van der Waals surface area contributed by atoms with Crippen molar-refractivity contribution in [1.82, 2.24) is 0 Å². The number of unbranched alkanes of at least 4 members (excludes halogenated alkanes) is 4. The second kappa shape index (κ2) is 9.40. The normalized spacial score (nSPS) is 10.6. The Hall–Kier alpha value is -1.51. The van der Waals surface area contributed by atoms with Gasteiger partial charge in [-0.25, -0.2) is 0 Å². The monoisotopic (exact) mass is 276 g/mol. The number of nitrogens with one attached hydrogen (secondary N) is 2. The molecule has 20 heavy (non-hydrogen) atoms. The first-order valence-electron chi connectivity index (χ1n) is 7.78. The zero-order valence-electron chi connectivity index (χ0n) is 13.0. The molecule has 0 saturated heterocycles. The van der Waals surface area contributed by atoms with Crippen molar-refractivity contribution < 1.29 is 4.79 Å². The molecule has 1 amide bonds. The van der Waals surface area contributed by atoms with Gasteiger partial charge in [-0.1, -0.05) is 46.5 Å². The highest BCUT2D eigenvalue weighted by Gasteiger charge is 2.06. The van der Waals surface area contributed by atoms with Crippen molar-refractivity contribution in [1.29, 1.82) is 0 Å². The number of hydrogen-bond acceptors (Lipinski definition) is 2. The lowest BCUT2D eigenvalue weighted by molar-refractivity contribution is -0.118. The average molecular weight is 276 g/mol. The fraction of sp³-hybridized carbons (Fsp3) is 0.588. The van der Waals surface area contributed by atoms with Gasteiger partial charge in [0.1, 0.15) is 0 Å². The maximum absolute atomic E-state index is 11.6. The van der Waals surface area contributed by atoms with Gasteiger partial charge in [0.2, 0.25) is 5.91 Å². The first kappa shape index (κ1) is 16.5. The van der Waals surface area contributed by atoms with Crippen molar-refractivity contribution in [3.63, 3.8) is 0 Å². The summed E-state index contributed by atoms with van der Waals surface area (Å²) >= 11 is 0. The summed E-state index contributed by atoms with van der Waals surface area (Å²) in [6, 6.07) is 7.92. The fourth-order valence-corrected chi connectivity index (χ4v) is 1.92. The van der Waals surface area contributed by atoms with Gasteiger partial charge in [0, 0.05) is 23.8 Å². The van der Waals surface area contributed by atoms with Crippen LogP contribution in [0.5, 0.6) is 0 Å². The molecule has 0 aromatic heterocycles. The van der Waals surface area contributed by atoms with E-state index in [0.29, 0.717) is 0 Å². The van der Waals surface area contributed by atoms with E-state index in [1.54, 1.807) is 0 Å². The van der Waals surface area contributed by atoms with Crippen LogP contribution in [0.2, 0.25) is 0 Å². The van der Waals surface area contributed by atoms with Crippen LogP contribution in [0, 0.1) is 5.92 Å². The van der Waals surface area contributed by atoms with Crippen LogP contribution in [0.15, 0.2) is 24.3 Å². The molecule has 112 valence electrons. The minimum atomic E-state index is 0.0101. The van der Waals surface area contributed by atoms with E-state index in [1.807, 2.05) is 38.1 Å². The van der Waals surface area contributed by atoms with E-state index in [1.165, 1.54) is 32.1 Å². The van der Waals surface area contributed by atoms with Crippen molar-refractivity contribution >= 4 is 17.3 Å². The molecular formula is C17H28N2O. The van der Waals surface area contributed by atoms with Gasteiger partial charge in [0.05, 0.1) is 0 Å². The fourth-order valence-electron chi connectivity index (χ4n) is 1.92. The highest BCUT2D eigenvalue weighted by molar-refractivity contribution is 5.92. The Morgan fingerprint density at radius 1 is 1.00 bits per heavy atom. The molecule has 0 saturated carbocycles. The van der Waals surface area contributed by atoms with Crippen LogP contribution >= 0.6 is 0 Å². The van der Waals surface area contributed by atoms with E-state index in [-0.39, 0.29) is 11.8 Å². The third kappa shape index (κ3) is 6.60. The van der Waals surface area contributed by atoms with Crippen molar-refractivity contribution in [3.8, 4) is 0 Å². The molecule has 1 rings (SSSR count). The second-order valence-corrected chi connectivity index (χ2v) is 5.56. The molecule has 0 radical (unpaired) electrons. The Kier molecular flexibility index (Phi) is 7.78. The van der Waals surface area contributed by atoms with Gasteiger partial charge >= 0.3 is 0 Å². The number of benzene rings is 1. The largest absolute Gasteiger partial charge is 0.385 e. The first-order valence-corrected chi connectivity index (χ1v) is 7.78. The Balaban J connectivity index is 2.26. The molecule has 0 aliphatic rings. The van der Waals surface area contributed by atoms with E-state index in [2.05, 4.69) is 17.6 Å². The SMILES string of the molecule is CCCCCCCNc1ccc(NC(=O)C(C)C)cc1. The number of amides is 1. The maximum atomic E-state index is 11.6. The van der Waals surface area contributed by atoms with E-state index in [9.17, 15) is 4.79 Å². The third-order valence-electron chi connectivity index (χ3n) is 3.29. The lowest BCUT2D eigenvalue weighted by Gasteiger charge is -2.10. The number of carbonyl (C=O) groups excluding carboxylic acids is 1. The van der Waals surface area contributed by atoms with Gasteiger partial charge in [-0.3, -0.25) is 4.79 Å². The Morgan fingerprint density at radius 2 is 1.60 bits per heavy atom. The standard InChI is InChI=1S/C17H28N2O/c1-4-5-6-7-8-13-18-15-9-11-16(12-10-15)19-17(20)14(2)3/h9-12,14,18H,4-8,13H2,1-3H3,(H,19,20). The van der Waals surface area contributed by atoms with Gasteiger partial charge in [-0.15, -0.1) is 0 Å². The molecule has 1 aromatic rings. The highest BCUT2D eigenvalue weighted by atomic mass is 16.1. The van der Waals surface area contributed by atoms with Crippen LogP contribution in [0.25, 0.3) is 0 Å². The van der Waals surface area contributed by atoms with Gasteiger partial charge < -0.3 is 10.6 Å². The van der Waals surface area contributed by atoms with Crippen LogP contribution in [0.1, 0.15) is 52.9 Å². The lowest BCUT2D eigenvalue weighted by Crippen LogP contribution is -2.17. The quantitative estimate of drug-likeness (QED) is 0.644. The Bertz CT molecular complexity index is 384. The minimum Gasteiger partial charge on any atom is -0.385 e. The van der Waals surface area contributed by atoms with Gasteiger partial charge in [0.25, 0.3) is 0 Å². The van der Waals surface area contributed by atoms with Crippen molar-refractivity contribution in [2.75, 3.05) is 17.2 Å². The summed E-state index contributed by atoms with van der Waals surface area (Å²) in [5.74, 6) is 0.0672. The zero-order valence-corrected chi connectivity index (χ0v) is 13.0. The summed E-state index contributed by atoms with van der Waals surface area (Å²) in [7, 11) is 0. The molecule has 0 heterocycles. The van der Waals surface area contributed by atoms with Gasteiger partial charge in [0.15, 0.2) is 0 Å². The van der Waals surface area contributed by atoms with E-state index in [0.717, 1.165) is 17.9 Å². The predicted octanol–water partition coefficient (Wildman–Crippen LogP) is 4.66. The molecular weight excluding hydrogens is 248 g/mol. The molecule has 3 heteroatoms. The highest BCUT2D eigenvalue weighted by Crippen LogP contribution is 2.14. The van der Waals surface area contributed by atoms with Crippen LogP contribution in [0.3, 0.4) is 0 Å². The van der Waals surface area contributed by atoms with Crippen molar-refractivity contribution in [2.45, 2.75) is 52.9 Å². The summed E-state index contributed by atoms with van der Waals surface area (Å²) in [5.41, 5.74) is 1.97. The summed E-state index contributed by atoms with van der Waals surface area (Å²) in [6.07, 6.45) is 6.47. The summed E-state index contributed by atoms with van der Waals surface area (Å²) in [6.45, 7) is 7.03. The molecule has 0 atom stereocenters. The molecule has 0 aliphatic carbocycles. The lowest BCUT2D eigenvalue weighted by atomic mass is 10.1. The molecule has 0 unspecified atom stereocenters. The van der Waals surface area contributed by atoms with E-state index in [4.69, 9.17) is 0 Å². The van der Waals surface area contributed by atoms with Gasteiger partial charge in [-0.2, -0.15) is 0 Å². The molecule has 0 spiro atoms. The van der Waals surface area contributed by atoms with Gasteiger partial charge in [-0.05, 0) is 30.7 Å². The van der Waals surface area contributed by atoms with Crippen LogP contribution in [0.4, 0.5) is 11.4 Å². The number of carbonyl (C=O) groups is 1. The van der Waals surface area contributed by atoms with E-state index < -0.39 is 0 Å². The zero-order chi connectivity index (χ0) is 14.8. The minimum absolute atomic E-state index is 0.0101. The van der Waals surface area contributed by atoms with Crippen LogP contribution < -0.4 is 10.6 Å². The predicted molar refractivity (Wildman–Crippen MR) is 87.2 cm³/mol. The van der Waals surface area contributed by atoms with Crippen LogP contribution in [-0.2, 0) is 4.79 Å². The number of rotatable bonds is 9. The summed E-state index contributed by atoms with van der Waals surface area (Å²) < 4.78 is 0.